The largest absolute Gasteiger partial charge is 0.330 e. The molecular weight excluding hydrogens is 250 g/mol. The molecule has 0 aromatic carbocycles. The third-order valence-electron chi connectivity index (χ3n) is 4.50. The second-order valence-electron chi connectivity index (χ2n) is 5.85. The molecule has 3 rings (SSSR count). The summed E-state index contributed by atoms with van der Waals surface area (Å²) in [5.41, 5.74) is 5.70. The SMILES string of the molecule is NCC1CCn2c(nnc2C2CCC(F)(F)CC2)C1. The van der Waals surface area contributed by atoms with Crippen molar-refractivity contribution in [2.24, 2.45) is 11.7 Å². The van der Waals surface area contributed by atoms with Gasteiger partial charge in [-0.05, 0) is 31.7 Å². The molecule has 1 saturated carbocycles. The molecule has 19 heavy (non-hydrogen) atoms. The number of halogens is 2. The first-order valence-corrected chi connectivity index (χ1v) is 7.09. The van der Waals surface area contributed by atoms with Crippen molar-refractivity contribution in [1.29, 1.82) is 0 Å². The van der Waals surface area contributed by atoms with Gasteiger partial charge >= 0.3 is 0 Å². The minimum Gasteiger partial charge on any atom is -0.330 e. The molecule has 1 aliphatic carbocycles. The molecule has 0 amide bonds. The van der Waals surface area contributed by atoms with Crippen LogP contribution in [-0.2, 0) is 13.0 Å². The molecule has 1 aromatic heterocycles. The van der Waals surface area contributed by atoms with Crippen LogP contribution in [0, 0.1) is 5.92 Å². The van der Waals surface area contributed by atoms with E-state index in [1.807, 2.05) is 0 Å². The maximum atomic E-state index is 13.2. The van der Waals surface area contributed by atoms with Crippen LogP contribution in [0.1, 0.15) is 49.7 Å². The molecule has 106 valence electrons. The van der Waals surface area contributed by atoms with Gasteiger partial charge in [-0.3, -0.25) is 0 Å². The van der Waals surface area contributed by atoms with Crippen LogP contribution < -0.4 is 5.73 Å². The summed E-state index contributed by atoms with van der Waals surface area (Å²) in [6.45, 7) is 1.56. The van der Waals surface area contributed by atoms with E-state index in [0.717, 1.165) is 31.0 Å². The third-order valence-corrected chi connectivity index (χ3v) is 4.50. The highest BCUT2D eigenvalue weighted by Gasteiger charge is 2.37. The molecule has 0 radical (unpaired) electrons. The lowest BCUT2D eigenvalue weighted by Crippen LogP contribution is -2.28. The first-order chi connectivity index (χ1) is 9.09. The smallest absolute Gasteiger partial charge is 0.248 e. The fourth-order valence-electron chi connectivity index (χ4n) is 3.22. The van der Waals surface area contributed by atoms with Crippen molar-refractivity contribution in [1.82, 2.24) is 14.8 Å². The minimum absolute atomic E-state index is 0.0225. The summed E-state index contributed by atoms with van der Waals surface area (Å²) >= 11 is 0. The third kappa shape index (κ3) is 2.50. The van der Waals surface area contributed by atoms with E-state index in [4.69, 9.17) is 5.73 Å². The molecule has 0 saturated heterocycles. The quantitative estimate of drug-likeness (QED) is 0.895. The van der Waals surface area contributed by atoms with Crippen LogP contribution in [0.5, 0.6) is 0 Å². The van der Waals surface area contributed by atoms with Gasteiger partial charge in [-0.2, -0.15) is 0 Å². The maximum absolute atomic E-state index is 13.2. The molecular formula is C13H20F2N4. The van der Waals surface area contributed by atoms with Crippen LogP contribution in [0.15, 0.2) is 0 Å². The molecule has 0 spiro atoms. The monoisotopic (exact) mass is 270 g/mol. The van der Waals surface area contributed by atoms with Crippen molar-refractivity contribution in [3.05, 3.63) is 11.6 Å². The molecule has 2 aliphatic rings. The normalized spacial score (nSPS) is 27.2. The van der Waals surface area contributed by atoms with E-state index < -0.39 is 5.92 Å². The topological polar surface area (TPSA) is 56.7 Å². The van der Waals surface area contributed by atoms with Gasteiger partial charge in [0.05, 0.1) is 0 Å². The molecule has 2 N–H and O–H groups in total. The standard InChI is InChI=1S/C13H20F2N4/c14-13(15)4-1-10(2-5-13)12-18-17-11-7-9(8-16)3-6-19(11)12/h9-10H,1-8,16H2. The molecule has 1 unspecified atom stereocenters. The average Bonchev–Trinajstić information content (AvgIpc) is 2.81. The molecule has 1 aromatic rings. The maximum Gasteiger partial charge on any atom is 0.248 e. The van der Waals surface area contributed by atoms with E-state index >= 15 is 0 Å². The van der Waals surface area contributed by atoms with Crippen molar-refractivity contribution in [2.45, 2.75) is 56.9 Å². The Morgan fingerprint density at radius 1 is 1.21 bits per heavy atom. The van der Waals surface area contributed by atoms with Crippen LogP contribution in [0.2, 0.25) is 0 Å². The Kier molecular flexibility index (Phi) is 3.28. The van der Waals surface area contributed by atoms with Gasteiger partial charge in [0.15, 0.2) is 0 Å². The first kappa shape index (κ1) is 13.0. The minimum atomic E-state index is -2.48. The van der Waals surface area contributed by atoms with E-state index in [1.165, 1.54) is 0 Å². The molecule has 1 atom stereocenters. The van der Waals surface area contributed by atoms with Crippen LogP contribution in [-0.4, -0.2) is 27.2 Å². The average molecular weight is 270 g/mol. The summed E-state index contributed by atoms with van der Waals surface area (Å²) in [5.74, 6) is 0.0526. The molecule has 2 heterocycles. The predicted octanol–water partition coefficient (Wildman–Crippen LogP) is 2.09. The van der Waals surface area contributed by atoms with E-state index in [0.29, 0.717) is 25.3 Å². The number of nitrogens with two attached hydrogens (primary N) is 1. The molecule has 1 aliphatic heterocycles. The zero-order valence-corrected chi connectivity index (χ0v) is 11.0. The molecule has 4 nitrogen and oxygen atoms in total. The molecule has 1 fully saturated rings. The highest BCUT2D eigenvalue weighted by atomic mass is 19.3. The Morgan fingerprint density at radius 2 is 1.95 bits per heavy atom. The van der Waals surface area contributed by atoms with Gasteiger partial charge in [0, 0.05) is 31.7 Å². The van der Waals surface area contributed by atoms with Crippen molar-refractivity contribution < 1.29 is 8.78 Å². The molecule has 6 heteroatoms. The lowest BCUT2D eigenvalue weighted by atomic mass is 9.86. The fraction of sp³-hybridized carbons (Fsp3) is 0.846. The van der Waals surface area contributed by atoms with E-state index in [2.05, 4.69) is 14.8 Å². The van der Waals surface area contributed by atoms with Gasteiger partial charge in [-0.1, -0.05) is 0 Å². The Labute approximate surface area is 111 Å². The Bertz CT molecular complexity index is 447. The van der Waals surface area contributed by atoms with E-state index in [1.54, 1.807) is 0 Å². The number of rotatable bonds is 2. The lowest BCUT2D eigenvalue weighted by Gasteiger charge is -2.29. The van der Waals surface area contributed by atoms with Crippen LogP contribution in [0.3, 0.4) is 0 Å². The Morgan fingerprint density at radius 3 is 2.63 bits per heavy atom. The lowest BCUT2D eigenvalue weighted by molar-refractivity contribution is -0.0390. The first-order valence-electron chi connectivity index (χ1n) is 7.09. The van der Waals surface area contributed by atoms with Gasteiger partial charge in [-0.25, -0.2) is 8.78 Å². The van der Waals surface area contributed by atoms with Crippen molar-refractivity contribution in [3.63, 3.8) is 0 Å². The Hall–Kier alpha value is -1.04. The van der Waals surface area contributed by atoms with Crippen molar-refractivity contribution >= 4 is 0 Å². The Balaban J connectivity index is 1.75. The van der Waals surface area contributed by atoms with Gasteiger partial charge in [0.1, 0.15) is 11.6 Å². The predicted molar refractivity (Wildman–Crippen MR) is 67.0 cm³/mol. The van der Waals surface area contributed by atoms with Crippen LogP contribution in [0.4, 0.5) is 8.78 Å². The number of fused-ring (bicyclic) bond motifs is 1. The zero-order valence-electron chi connectivity index (χ0n) is 11.0. The number of aromatic nitrogens is 3. The van der Waals surface area contributed by atoms with Gasteiger partial charge in [-0.15, -0.1) is 10.2 Å². The fourth-order valence-corrected chi connectivity index (χ4v) is 3.22. The van der Waals surface area contributed by atoms with Crippen LogP contribution >= 0.6 is 0 Å². The number of alkyl halides is 2. The summed E-state index contributed by atoms with van der Waals surface area (Å²) in [6, 6.07) is 0. The summed E-state index contributed by atoms with van der Waals surface area (Å²) in [6.07, 6.45) is 2.90. The van der Waals surface area contributed by atoms with Gasteiger partial charge in [0.2, 0.25) is 5.92 Å². The number of nitrogens with zero attached hydrogens (tertiary/aromatic N) is 3. The van der Waals surface area contributed by atoms with Gasteiger partial charge < -0.3 is 10.3 Å². The second-order valence-corrected chi connectivity index (χ2v) is 5.85. The summed E-state index contributed by atoms with van der Waals surface area (Å²) in [7, 11) is 0. The number of hydrogen-bond donors (Lipinski definition) is 1. The van der Waals surface area contributed by atoms with Crippen molar-refractivity contribution in [2.75, 3.05) is 6.54 Å². The van der Waals surface area contributed by atoms with E-state index in [-0.39, 0.29) is 18.8 Å². The van der Waals surface area contributed by atoms with Crippen molar-refractivity contribution in [3.8, 4) is 0 Å². The van der Waals surface area contributed by atoms with Gasteiger partial charge in [0.25, 0.3) is 0 Å². The zero-order chi connectivity index (χ0) is 13.5. The summed E-state index contributed by atoms with van der Waals surface area (Å²) < 4.78 is 28.5. The van der Waals surface area contributed by atoms with Crippen LogP contribution in [0.25, 0.3) is 0 Å². The highest BCUT2D eigenvalue weighted by Crippen LogP contribution is 2.40. The van der Waals surface area contributed by atoms with E-state index in [9.17, 15) is 8.78 Å². The molecule has 0 bridgehead atoms. The highest BCUT2D eigenvalue weighted by molar-refractivity contribution is 5.07. The summed E-state index contributed by atoms with van der Waals surface area (Å²) in [5, 5.41) is 8.50. The number of hydrogen-bond acceptors (Lipinski definition) is 3. The summed E-state index contributed by atoms with van der Waals surface area (Å²) in [4.78, 5) is 0. The second kappa shape index (κ2) is 4.81.